The SMILES string of the molecule is CCOC(=O)CN(C=O)[C@@H]1CCCc2ccccc21. The number of ether oxygens (including phenoxy) is 1. The van der Waals surface area contributed by atoms with Gasteiger partial charge in [0.05, 0.1) is 12.6 Å². The number of hydrogen-bond acceptors (Lipinski definition) is 3. The van der Waals surface area contributed by atoms with Crippen molar-refractivity contribution in [1.29, 1.82) is 0 Å². The Morgan fingerprint density at radius 2 is 2.26 bits per heavy atom. The molecule has 0 aromatic heterocycles. The highest BCUT2D eigenvalue weighted by atomic mass is 16.5. The van der Waals surface area contributed by atoms with Gasteiger partial charge in [-0.15, -0.1) is 0 Å². The number of nitrogens with zero attached hydrogens (tertiary/aromatic N) is 1. The number of carbonyl (C=O) groups is 2. The molecule has 0 heterocycles. The van der Waals surface area contributed by atoms with E-state index >= 15 is 0 Å². The summed E-state index contributed by atoms with van der Waals surface area (Å²) >= 11 is 0. The lowest BCUT2D eigenvalue weighted by atomic mass is 9.87. The molecule has 0 N–H and O–H groups in total. The zero-order valence-electron chi connectivity index (χ0n) is 11.2. The molecular formula is C15H19NO3. The molecule has 102 valence electrons. The molecule has 2 rings (SSSR count). The molecule has 1 atom stereocenters. The van der Waals surface area contributed by atoms with E-state index in [9.17, 15) is 9.59 Å². The summed E-state index contributed by atoms with van der Waals surface area (Å²) in [7, 11) is 0. The number of rotatable bonds is 5. The first-order valence-corrected chi connectivity index (χ1v) is 6.70. The van der Waals surface area contributed by atoms with Crippen molar-refractivity contribution in [2.75, 3.05) is 13.2 Å². The molecule has 0 spiro atoms. The molecule has 4 nitrogen and oxygen atoms in total. The van der Waals surface area contributed by atoms with Gasteiger partial charge in [0, 0.05) is 0 Å². The summed E-state index contributed by atoms with van der Waals surface area (Å²) < 4.78 is 4.91. The molecule has 0 saturated heterocycles. The third kappa shape index (κ3) is 3.13. The van der Waals surface area contributed by atoms with Crippen molar-refractivity contribution >= 4 is 12.4 Å². The number of benzene rings is 1. The van der Waals surface area contributed by atoms with E-state index in [-0.39, 0.29) is 18.6 Å². The van der Waals surface area contributed by atoms with Gasteiger partial charge in [-0.1, -0.05) is 24.3 Å². The Bertz CT molecular complexity index is 458. The van der Waals surface area contributed by atoms with Crippen molar-refractivity contribution in [2.24, 2.45) is 0 Å². The Labute approximate surface area is 113 Å². The summed E-state index contributed by atoms with van der Waals surface area (Å²) in [6.07, 6.45) is 3.73. The zero-order chi connectivity index (χ0) is 13.7. The van der Waals surface area contributed by atoms with E-state index in [1.807, 2.05) is 18.2 Å². The van der Waals surface area contributed by atoms with Crippen LogP contribution >= 0.6 is 0 Å². The maximum absolute atomic E-state index is 11.5. The monoisotopic (exact) mass is 261 g/mol. The van der Waals surface area contributed by atoms with Gasteiger partial charge >= 0.3 is 5.97 Å². The average Bonchev–Trinajstić information content (AvgIpc) is 2.44. The van der Waals surface area contributed by atoms with Crippen molar-refractivity contribution in [3.63, 3.8) is 0 Å². The predicted octanol–water partition coefficient (Wildman–Crippen LogP) is 2.09. The second kappa shape index (κ2) is 6.36. The van der Waals surface area contributed by atoms with Gasteiger partial charge in [-0.2, -0.15) is 0 Å². The van der Waals surface area contributed by atoms with Crippen molar-refractivity contribution in [3.8, 4) is 0 Å². The summed E-state index contributed by atoms with van der Waals surface area (Å²) in [6, 6.07) is 8.12. The molecule has 1 aliphatic carbocycles. The lowest BCUT2D eigenvalue weighted by Crippen LogP contribution is -2.35. The fraction of sp³-hybridized carbons (Fsp3) is 0.467. The molecule has 1 amide bonds. The maximum atomic E-state index is 11.5. The van der Waals surface area contributed by atoms with Crippen molar-refractivity contribution in [3.05, 3.63) is 35.4 Å². The molecule has 1 aromatic rings. The van der Waals surface area contributed by atoms with Gasteiger partial charge in [0.1, 0.15) is 6.54 Å². The number of esters is 1. The number of hydrogen-bond donors (Lipinski definition) is 0. The van der Waals surface area contributed by atoms with Crippen molar-refractivity contribution in [2.45, 2.75) is 32.2 Å². The average molecular weight is 261 g/mol. The quantitative estimate of drug-likeness (QED) is 0.602. The third-order valence-electron chi connectivity index (χ3n) is 3.49. The van der Waals surface area contributed by atoms with Crippen LogP contribution in [0.4, 0.5) is 0 Å². The van der Waals surface area contributed by atoms with E-state index in [0.29, 0.717) is 6.61 Å². The van der Waals surface area contributed by atoms with Gasteiger partial charge in [-0.3, -0.25) is 9.59 Å². The van der Waals surface area contributed by atoms with Crippen LogP contribution in [0.2, 0.25) is 0 Å². The van der Waals surface area contributed by atoms with E-state index in [1.54, 1.807) is 11.8 Å². The maximum Gasteiger partial charge on any atom is 0.325 e. The summed E-state index contributed by atoms with van der Waals surface area (Å²) in [4.78, 5) is 24.4. The summed E-state index contributed by atoms with van der Waals surface area (Å²) in [6.45, 7) is 2.13. The number of fused-ring (bicyclic) bond motifs is 1. The highest BCUT2D eigenvalue weighted by Crippen LogP contribution is 2.33. The third-order valence-corrected chi connectivity index (χ3v) is 3.49. The molecule has 0 fully saturated rings. The Hall–Kier alpha value is -1.84. The predicted molar refractivity (Wildman–Crippen MR) is 71.5 cm³/mol. The second-order valence-corrected chi connectivity index (χ2v) is 4.69. The Kier molecular flexibility index (Phi) is 4.55. The first-order valence-electron chi connectivity index (χ1n) is 6.70. The van der Waals surface area contributed by atoms with Crippen LogP contribution in [0.5, 0.6) is 0 Å². The normalized spacial score (nSPS) is 17.4. The van der Waals surface area contributed by atoms with Gasteiger partial charge in [0.25, 0.3) is 0 Å². The molecule has 19 heavy (non-hydrogen) atoms. The van der Waals surface area contributed by atoms with Gasteiger partial charge < -0.3 is 9.64 Å². The second-order valence-electron chi connectivity index (χ2n) is 4.69. The first kappa shape index (κ1) is 13.6. The van der Waals surface area contributed by atoms with Crippen molar-refractivity contribution < 1.29 is 14.3 Å². The van der Waals surface area contributed by atoms with Crippen LogP contribution in [-0.2, 0) is 20.7 Å². The molecule has 4 heteroatoms. The van der Waals surface area contributed by atoms with Crippen LogP contribution in [0.25, 0.3) is 0 Å². The van der Waals surface area contributed by atoms with Crippen LogP contribution in [0.3, 0.4) is 0 Å². The van der Waals surface area contributed by atoms with E-state index in [0.717, 1.165) is 31.2 Å². The zero-order valence-corrected chi connectivity index (χ0v) is 11.2. The number of aryl methyl sites for hydroxylation is 1. The Morgan fingerprint density at radius 1 is 1.47 bits per heavy atom. The standard InChI is InChI=1S/C15H19NO3/c1-2-19-15(18)10-16(11-17)14-9-5-7-12-6-3-4-8-13(12)14/h3-4,6,8,11,14H,2,5,7,9-10H2,1H3/t14-/m1/s1. The van der Waals surface area contributed by atoms with Crippen molar-refractivity contribution in [1.82, 2.24) is 4.90 Å². The minimum atomic E-state index is -0.349. The molecule has 0 aliphatic heterocycles. The Balaban J connectivity index is 2.16. The van der Waals surface area contributed by atoms with Crippen LogP contribution in [0, 0.1) is 0 Å². The van der Waals surface area contributed by atoms with Crippen LogP contribution in [0.1, 0.15) is 36.9 Å². The minimum absolute atomic E-state index is 0.00754. The van der Waals surface area contributed by atoms with Crippen LogP contribution in [-0.4, -0.2) is 30.4 Å². The van der Waals surface area contributed by atoms with E-state index in [1.165, 1.54) is 5.56 Å². The number of carbonyl (C=O) groups excluding carboxylic acids is 2. The molecular weight excluding hydrogens is 242 g/mol. The lowest BCUT2D eigenvalue weighted by Gasteiger charge is -2.32. The number of amides is 1. The molecule has 0 unspecified atom stereocenters. The summed E-state index contributed by atoms with van der Waals surface area (Å²) in [5.41, 5.74) is 2.43. The van der Waals surface area contributed by atoms with E-state index in [4.69, 9.17) is 4.74 Å². The largest absolute Gasteiger partial charge is 0.465 e. The summed E-state index contributed by atoms with van der Waals surface area (Å²) in [5.74, 6) is -0.349. The van der Waals surface area contributed by atoms with Crippen LogP contribution in [0.15, 0.2) is 24.3 Å². The molecule has 0 bridgehead atoms. The van der Waals surface area contributed by atoms with Gasteiger partial charge in [-0.25, -0.2) is 0 Å². The topological polar surface area (TPSA) is 46.6 Å². The summed E-state index contributed by atoms with van der Waals surface area (Å²) in [5, 5.41) is 0. The van der Waals surface area contributed by atoms with E-state index in [2.05, 4.69) is 6.07 Å². The fourth-order valence-electron chi connectivity index (χ4n) is 2.65. The highest BCUT2D eigenvalue weighted by Gasteiger charge is 2.26. The minimum Gasteiger partial charge on any atom is -0.465 e. The van der Waals surface area contributed by atoms with Gasteiger partial charge in [0.2, 0.25) is 6.41 Å². The van der Waals surface area contributed by atoms with Gasteiger partial charge in [-0.05, 0) is 37.3 Å². The molecule has 1 aromatic carbocycles. The van der Waals surface area contributed by atoms with Gasteiger partial charge in [0.15, 0.2) is 0 Å². The Morgan fingerprint density at radius 3 is 3.00 bits per heavy atom. The lowest BCUT2D eigenvalue weighted by molar-refractivity contribution is -0.147. The molecule has 1 aliphatic rings. The first-order chi connectivity index (χ1) is 9.26. The molecule has 0 radical (unpaired) electrons. The van der Waals surface area contributed by atoms with E-state index < -0.39 is 0 Å². The highest BCUT2D eigenvalue weighted by molar-refractivity contribution is 5.74. The molecule has 0 saturated carbocycles. The smallest absolute Gasteiger partial charge is 0.325 e. The fourth-order valence-corrected chi connectivity index (χ4v) is 2.65. The van der Waals surface area contributed by atoms with Crippen LogP contribution < -0.4 is 0 Å².